The number of nitrogens with one attached hydrogen (secondary N) is 3. The molecule has 1 aliphatic carbocycles. The summed E-state index contributed by atoms with van der Waals surface area (Å²) in [6, 6.07) is 4.94. The van der Waals surface area contributed by atoms with E-state index in [1.54, 1.807) is 35.7 Å². The van der Waals surface area contributed by atoms with E-state index in [-0.39, 0.29) is 29.6 Å². The minimum absolute atomic E-state index is 0.0125. The van der Waals surface area contributed by atoms with Crippen molar-refractivity contribution in [2.75, 3.05) is 23.1 Å². The van der Waals surface area contributed by atoms with Gasteiger partial charge in [-0.25, -0.2) is 0 Å². The van der Waals surface area contributed by atoms with Crippen molar-refractivity contribution in [3.63, 3.8) is 0 Å². The van der Waals surface area contributed by atoms with Crippen molar-refractivity contribution in [3.8, 4) is 0 Å². The molecule has 2 aliphatic rings. The lowest BCUT2D eigenvalue weighted by atomic mass is 9.91. The molecule has 32 heavy (non-hydrogen) atoms. The quantitative estimate of drug-likeness (QED) is 0.348. The Morgan fingerprint density at radius 1 is 1.22 bits per heavy atom. The van der Waals surface area contributed by atoms with Crippen molar-refractivity contribution in [2.45, 2.75) is 57.2 Å². The number of non-ortho nitro benzene ring substituents is 1. The highest BCUT2D eigenvalue weighted by molar-refractivity contribution is 7.99. The van der Waals surface area contributed by atoms with Gasteiger partial charge in [0.1, 0.15) is 6.04 Å². The third-order valence-corrected chi connectivity index (χ3v) is 8.21. The first-order chi connectivity index (χ1) is 15.4. The molecule has 0 aromatic heterocycles. The molecule has 1 aromatic rings. The summed E-state index contributed by atoms with van der Waals surface area (Å²) in [5.41, 5.74) is 0.788. The standard InChI is InChI=1S/C22H32N4O4S2/c1-15(17-7-9-18(10-8-17)26(29)30)24-22(28)20(25-21(27)19-12-32-14-23-19)13-31-11-16-5-3-2-4-6-16/h7-10,15-16,19-20,23H,2-6,11-14H2,1H3,(H,24,28)(H,25,27). The molecule has 1 aromatic carbocycles. The van der Waals surface area contributed by atoms with Crippen molar-refractivity contribution in [3.05, 3.63) is 39.9 Å². The molecule has 1 aliphatic heterocycles. The van der Waals surface area contributed by atoms with Crippen LogP contribution in [0.1, 0.15) is 50.6 Å². The van der Waals surface area contributed by atoms with Gasteiger partial charge in [-0.2, -0.15) is 11.8 Å². The molecule has 2 amide bonds. The molecule has 10 heteroatoms. The molecule has 1 saturated heterocycles. The van der Waals surface area contributed by atoms with E-state index in [2.05, 4.69) is 16.0 Å². The molecule has 8 nitrogen and oxygen atoms in total. The van der Waals surface area contributed by atoms with Gasteiger partial charge in [0.15, 0.2) is 0 Å². The van der Waals surface area contributed by atoms with Crippen LogP contribution in [0.3, 0.4) is 0 Å². The largest absolute Gasteiger partial charge is 0.348 e. The fourth-order valence-electron chi connectivity index (χ4n) is 4.01. The third-order valence-electron chi connectivity index (χ3n) is 5.99. The van der Waals surface area contributed by atoms with E-state index < -0.39 is 11.0 Å². The predicted molar refractivity (Wildman–Crippen MR) is 130 cm³/mol. The molecule has 2 fully saturated rings. The second-order valence-electron chi connectivity index (χ2n) is 8.45. The molecular formula is C22H32N4O4S2. The van der Waals surface area contributed by atoms with Crippen LogP contribution >= 0.6 is 23.5 Å². The normalized spacial score (nSPS) is 21.0. The number of carbonyl (C=O) groups excluding carboxylic acids is 2. The first-order valence-corrected chi connectivity index (χ1v) is 13.5. The Balaban J connectivity index is 1.58. The summed E-state index contributed by atoms with van der Waals surface area (Å²) >= 11 is 3.40. The van der Waals surface area contributed by atoms with Crippen molar-refractivity contribution in [1.82, 2.24) is 16.0 Å². The van der Waals surface area contributed by atoms with Crippen molar-refractivity contribution in [2.24, 2.45) is 5.92 Å². The zero-order valence-corrected chi connectivity index (χ0v) is 20.0. The maximum Gasteiger partial charge on any atom is 0.269 e. The number of carbonyl (C=O) groups is 2. The number of nitro groups is 1. The Hall–Kier alpha value is -1.78. The average Bonchev–Trinajstić information content (AvgIpc) is 3.34. The third kappa shape index (κ3) is 7.38. The Morgan fingerprint density at radius 3 is 2.56 bits per heavy atom. The van der Waals surface area contributed by atoms with Crippen LogP contribution in [-0.2, 0) is 9.59 Å². The van der Waals surface area contributed by atoms with E-state index in [0.29, 0.717) is 17.4 Å². The molecule has 3 atom stereocenters. The SMILES string of the molecule is CC(NC(=O)C(CSCC1CCCCC1)NC(=O)C1CSCN1)c1ccc([N+](=O)[O-])cc1. The molecule has 0 bridgehead atoms. The second-order valence-corrected chi connectivity index (χ2v) is 10.6. The van der Waals surface area contributed by atoms with Crippen molar-refractivity contribution < 1.29 is 14.5 Å². The van der Waals surface area contributed by atoms with E-state index in [9.17, 15) is 19.7 Å². The van der Waals surface area contributed by atoms with Gasteiger partial charge in [-0.15, -0.1) is 11.8 Å². The Morgan fingerprint density at radius 2 is 1.94 bits per heavy atom. The molecule has 0 spiro atoms. The van der Waals surface area contributed by atoms with Gasteiger partial charge >= 0.3 is 0 Å². The van der Waals surface area contributed by atoms with Gasteiger partial charge in [-0.05, 0) is 37.0 Å². The maximum atomic E-state index is 13.1. The number of rotatable bonds is 10. The van der Waals surface area contributed by atoms with Crippen LogP contribution in [0.2, 0.25) is 0 Å². The Labute approximate surface area is 197 Å². The highest BCUT2D eigenvalue weighted by Gasteiger charge is 2.28. The summed E-state index contributed by atoms with van der Waals surface area (Å²) in [6.07, 6.45) is 6.37. The van der Waals surface area contributed by atoms with Crippen LogP contribution in [0.4, 0.5) is 5.69 Å². The van der Waals surface area contributed by atoms with Gasteiger partial charge in [0.05, 0.1) is 17.0 Å². The van der Waals surface area contributed by atoms with Gasteiger partial charge in [0.25, 0.3) is 5.69 Å². The van der Waals surface area contributed by atoms with Crippen molar-refractivity contribution in [1.29, 1.82) is 0 Å². The minimum Gasteiger partial charge on any atom is -0.348 e. The lowest BCUT2D eigenvalue weighted by Gasteiger charge is -2.25. The summed E-state index contributed by atoms with van der Waals surface area (Å²) in [7, 11) is 0. The van der Waals surface area contributed by atoms with E-state index in [1.807, 2.05) is 6.92 Å². The maximum absolute atomic E-state index is 13.1. The lowest BCUT2D eigenvalue weighted by molar-refractivity contribution is -0.384. The average molecular weight is 481 g/mol. The number of thioether (sulfide) groups is 2. The number of hydrogen-bond acceptors (Lipinski definition) is 7. The van der Waals surface area contributed by atoms with Crippen LogP contribution in [0.25, 0.3) is 0 Å². The Kier molecular flexibility index (Phi) is 9.68. The summed E-state index contributed by atoms with van der Waals surface area (Å²) in [5.74, 6) is 3.30. The fraction of sp³-hybridized carbons (Fsp3) is 0.636. The molecular weight excluding hydrogens is 448 g/mol. The number of benzene rings is 1. The van der Waals surface area contributed by atoms with Gasteiger partial charge in [0.2, 0.25) is 11.8 Å². The zero-order chi connectivity index (χ0) is 22.9. The van der Waals surface area contributed by atoms with Crippen molar-refractivity contribution >= 4 is 41.0 Å². The van der Waals surface area contributed by atoms with E-state index in [0.717, 1.165) is 17.2 Å². The Bertz CT molecular complexity index is 781. The first kappa shape index (κ1) is 24.9. The molecule has 0 radical (unpaired) electrons. The molecule has 1 saturated carbocycles. The molecule has 3 rings (SSSR count). The highest BCUT2D eigenvalue weighted by atomic mass is 32.2. The summed E-state index contributed by atoms with van der Waals surface area (Å²) in [6.45, 7) is 1.84. The predicted octanol–water partition coefficient (Wildman–Crippen LogP) is 3.23. The number of nitro benzene ring substituents is 1. The number of hydrogen-bond donors (Lipinski definition) is 3. The van der Waals surface area contributed by atoms with E-state index >= 15 is 0 Å². The van der Waals surface area contributed by atoms with Gasteiger partial charge in [-0.1, -0.05) is 31.4 Å². The molecule has 176 valence electrons. The van der Waals surface area contributed by atoms with Crippen LogP contribution in [0, 0.1) is 16.0 Å². The van der Waals surface area contributed by atoms with Gasteiger partial charge in [-0.3, -0.25) is 25.0 Å². The van der Waals surface area contributed by atoms with Crippen LogP contribution in [-0.4, -0.2) is 52.0 Å². The first-order valence-electron chi connectivity index (χ1n) is 11.2. The molecule has 3 unspecified atom stereocenters. The molecule has 1 heterocycles. The van der Waals surface area contributed by atoms with Crippen LogP contribution in [0.15, 0.2) is 24.3 Å². The number of nitrogens with zero attached hydrogens (tertiary/aromatic N) is 1. The zero-order valence-electron chi connectivity index (χ0n) is 18.4. The topological polar surface area (TPSA) is 113 Å². The van der Waals surface area contributed by atoms with Gasteiger partial charge < -0.3 is 10.6 Å². The molecule has 3 N–H and O–H groups in total. The van der Waals surface area contributed by atoms with Crippen LogP contribution in [0.5, 0.6) is 0 Å². The monoisotopic (exact) mass is 480 g/mol. The second kappa shape index (κ2) is 12.5. The summed E-state index contributed by atoms with van der Waals surface area (Å²) < 4.78 is 0. The van der Waals surface area contributed by atoms with E-state index in [4.69, 9.17) is 0 Å². The lowest BCUT2D eigenvalue weighted by Crippen LogP contribution is -2.53. The van der Waals surface area contributed by atoms with E-state index in [1.165, 1.54) is 44.2 Å². The minimum atomic E-state index is -0.621. The fourth-order valence-corrected chi connectivity index (χ4v) is 6.22. The highest BCUT2D eigenvalue weighted by Crippen LogP contribution is 2.27. The summed E-state index contributed by atoms with van der Waals surface area (Å²) in [5, 5.41) is 19.9. The van der Waals surface area contributed by atoms with Gasteiger partial charge in [0, 0.05) is 29.5 Å². The number of amides is 2. The smallest absolute Gasteiger partial charge is 0.269 e. The van der Waals surface area contributed by atoms with Crippen LogP contribution < -0.4 is 16.0 Å². The summed E-state index contributed by atoms with van der Waals surface area (Å²) in [4.78, 5) is 36.1.